The van der Waals surface area contributed by atoms with Crippen molar-refractivity contribution in [2.45, 2.75) is 26.2 Å². The van der Waals surface area contributed by atoms with E-state index in [1.807, 2.05) is 6.92 Å². The fourth-order valence-corrected chi connectivity index (χ4v) is 2.23. The van der Waals surface area contributed by atoms with Gasteiger partial charge in [-0.2, -0.15) is 0 Å². The molecule has 4 heteroatoms. The molecule has 0 amide bonds. The van der Waals surface area contributed by atoms with Gasteiger partial charge in [0, 0.05) is 12.2 Å². The zero-order valence-corrected chi connectivity index (χ0v) is 7.56. The first-order valence-corrected chi connectivity index (χ1v) is 5.58. The van der Waals surface area contributed by atoms with Crippen molar-refractivity contribution in [1.29, 1.82) is 0 Å². The lowest BCUT2D eigenvalue weighted by Crippen LogP contribution is -2.10. The maximum atomic E-state index is 11.0. The van der Waals surface area contributed by atoms with Crippen LogP contribution in [0.4, 0.5) is 0 Å². The molecule has 0 N–H and O–H groups in total. The van der Waals surface area contributed by atoms with Gasteiger partial charge in [0.05, 0.1) is 5.75 Å². The standard InChI is InChI=1S/C7H14O3S/c1-2-6-11(9,10)7-4-3-5-8/h5H,2-4,6-7H2,1H3. The van der Waals surface area contributed by atoms with Crippen molar-refractivity contribution >= 4 is 16.1 Å². The number of carbonyl (C=O) groups excluding carboxylic acids is 1. The summed E-state index contributed by atoms with van der Waals surface area (Å²) in [6.45, 7) is 1.83. The molecule has 0 aliphatic rings. The molecule has 0 unspecified atom stereocenters. The minimum absolute atomic E-state index is 0.152. The summed E-state index contributed by atoms with van der Waals surface area (Å²) in [6, 6.07) is 0. The van der Waals surface area contributed by atoms with Crippen LogP contribution in [-0.4, -0.2) is 26.2 Å². The second-order valence-corrected chi connectivity index (χ2v) is 4.76. The Kier molecular flexibility index (Phi) is 5.11. The second-order valence-electron chi connectivity index (χ2n) is 2.46. The summed E-state index contributed by atoms with van der Waals surface area (Å²) < 4.78 is 22.0. The van der Waals surface area contributed by atoms with Crippen LogP contribution in [-0.2, 0) is 14.6 Å². The molecule has 0 aromatic rings. The number of rotatable bonds is 6. The topological polar surface area (TPSA) is 51.2 Å². The van der Waals surface area contributed by atoms with Crippen molar-refractivity contribution in [3.05, 3.63) is 0 Å². The van der Waals surface area contributed by atoms with Crippen molar-refractivity contribution in [3.63, 3.8) is 0 Å². The van der Waals surface area contributed by atoms with Gasteiger partial charge in [-0.1, -0.05) is 6.92 Å². The normalized spacial score (nSPS) is 11.4. The number of carbonyl (C=O) groups is 1. The maximum absolute atomic E-state index is 11.0. The van der Waals surface area contributed by atoms with E-state index in [4.69, 9.17) is 0 Å². The number of hydrogen-bond donors (Lipinski definition) is 0. The third-order valence-corrected chi connectivity index (χ3v) is 3.23. The Hall–Kier alpha value is -0.380. The van der Waals surface area contributed by atoms with E-state index in [2.05, 4.69) is 0 Å². The minimum atomic E-state index is -2.86. The molecule has 0 bridgehead atoms. The van der Waals surface area contributed by atoms with Crippen LogP contribution in [0.1, 0.15) is 26.2 Å². The first kappa shape index (κ1) is 10.6. The van der Waals surface area contributed by atoms with Gasteiger partial charge in [-0.05, 0) is 12.8 Å². The van der Waals surface area contributed by atoms with Gasteiger partial charge < -0.3 is 4.79 Å². The zero-order valence-electron chi connectivity index (χ0n) is 6.75. The molecule has 0 aliphatic heterocycles. The predicted octanol–water partition coefficient (Wildman–Crippen LogP) is 0.790. The fourth-order valence-electron chi connectivity index (χ4n) is 0.800. The Bertz CT molecular complexity index is 194. The van der Waals surface area contributed by atoms with E-state index in [0.29, 0.717) is 19.3 Å². The quantitative estimate of drug-likeness (QED) is 0.446. The molecule has 0 aromatic carbocycles. The molecular formula is C7H14O3S. The monoisotopic (exact) mass is 178 g/mol. The van der Waals surface area contributed by atoms with Crippen molar-refractivity contribution < 1.29 is 13.2 Å². The summed E-state index contributed by atoms with van der Waals surface area (Å²) in [5.74, 6) is 0.394. The Morgan fingerprint density at radius 3 is 2.36 bits per heavy atom. The summed E-state index contributed by atoms with van der Waals surface area (Å²) in [5, 5.41) is 0. The molecule has 0 saturated heterocycles. The average molecular weight is 178 g/mol. The van der Waals surface area contributed by atoms with E-state index in [0.717, 1.165) is 6.29 Å². The summed E-state index contributed by atoms with van der Waals surface area (Å²) in [4.78, 5) is 9.85. The van der Waals surface area contributed by atoms with Crippen LogP contribution in [0, 0.1) is 0 Å². The number of unbranched alkanes of at least 4 members (excludes halogenated alkanes) is 1. The minimum Gasteiger partial charge on any atom is -0.303 e. The predicted molar refractivity (Wildman–Crippen MR) is 44.2 cm³/mol. The molecule has 0 saturated carbocycles. The summed E-state index contributed by atoms with van der Waals surface area (Å²) in [7, 11) is -2.86. The Morgan fingerprint density at radius 1 is 1.27 bits per heavy atom. The van der Waals surface area contributed by atoms with Crippen LogP contribution in [0.15, 0.2) is 0 Å². The van der Waals surface area contributed by atoms with Crippen LogP contribution >= 0.6 is 0 Å². The SMILES string of the molecule is CCCS(=O)(=O)CCCC=O. The smallest absolute Gasteiger partial charge is 0.150 e. The van der Waals surface area contributed by atoms with Crippen LogP contribution in [0.25, 0.3) is 0 Å². The van der Waals surface area contributed by atoms with Crippen LogP contribution in [0.5, 0.6) is 0 Å². The molecule has 0 spiro atoms. The van der Waals surface area contributed by atoms with Gasteiger partial charge in [0.1, 0.15) is 16.1 Å². The first-order chi connectivity index (χ1) is 5.12. The molecule has 0 fully saturated rings. The lowest BCUT2D eigenvalue weighted by molar-refractivity contribution is -0.107. The highest BCUT2D eigenvalue weighted by molar-refractivity contribution is 7.91. The van der Waals surface area contributed by atoms with Crippen LogP contribution in [0.3, 0.4) is 0 Å². The van der Waals surface area contributed by atoms with Gasteiger partial charge in [-0.3, -0.25) is 0 Å². The highest BCUT2D eigenvalue weighted by Crippen LogP contribution is 1.97. The largest absolute Gasteiger partial charge is 0.303 e. The molecular weight excluding hydrogens is 164 g/mol. The van der Waals surface area contributed by atoms with E-state index in [9.17, 15) is 13.2 Å². The van der Waals surface area contributed by atoms with Gasteiger partial charge in [-0.15, -0.1) is 0 Å². The third kappa shape index (κ3) is 6.04. The molecule has 0 rings (SSSR count). The van der Waals surface area contributed by atoms with Gasteiger partial charge in [0.2, 0.25) is 0 Å². The molecule has 0 aliphatic carbocycles. The van der Waals surface area contributed by atoms with E-state index < -0.39 is 9.84 Å². The molecule has 0 atom stereocenters. The van der Waals surface area contributed by atoms with Crippen LogP contribution in [0.2, 0.25) is 0 Å². The molecule has 0 heterocycles. The number of aldehydes is 1. The van der Waals surface area contributed by atoms with Crippen molar-refractivity contribution in [1.82, 2.24) is 0 Å². The van der Waals surface area contributed by atoms with Crippen LogP contribution < -0.4 is 0 Å². The van der Waals surface area contributed by atoms with E-state index in [-0.39, 0.29) is 11.5 Å². The van der Waals surface area contributed by atoms with Crippen molar-refractivity contribution in [3.8, 4) is 0 Å². The lowest BCUT2D eigenvalue weighted by atomic mass is 10.4. The van der Waals surface area contributed by atoms with Crippen molar-refractivity contribution in [2.75, 3.05) is 11.5 Å². The second kappa shape index (κ2) is 5.29. The first-order valence-electron chi connectivity index (χ1n) is 3.76. The van der Waals surface area contributed by atoms with E-state index in [1.165, 1.54) is 0 Å². The summed E-state index contributed by atoms with van der Waals surface area (Å²) >= 11 is 0. The van der Waals surface area contributed by atoms with E-state index >= 15 is 0 Å². The van der Waals surface area contributed by atoms with Gasteiger partial charge >= 0.3 is 0 Å². The Labute approximate surface area is 67.7 Å². The zero-order chi connectivity index (χ0) is 8.74. The number of sulfone groups is 1. The van der Waals surface area contributed by atoms with E-state index in [1.54, 1.807) is 0 Å². The van der Waals surface area contributed by atoms with Gasteiger partial charge in [0.15, 0.2) is 0 Å². The molecule has 0 radical (unpaired) electrons. The molecule has 0 aromatic heterocycles. The third-order valence-electron chi connectivity index (χ3n) is 1.29. The highest BCUT2D eigenvalue weighted by Gasteiger charge is 2.07. The summed E-state index contributed by atoms with van der Waals surface area (Å²) in [5.41, 5.74) is 0. The summed E-state index contributed by atoms with van der Waals surface area (Å²) in [6.07, 6.45) is 2.22. The Balaban J connectivity index is 3.64. The Morgan fingerprint density at radius 2 is 1.91 bits per heavy atom. The van der Waals surface area contributed by atoms with Gasteiger partial charge in [-0.25, -0.2) is 8.42 Å². The number of hydrogen-bond acceptors (Lipinski definition) is 3. The average Bonchev–Trinajstić information content (AvgIpc) is 1.87. The fraction of sp³-hybridized carbons (Fsp3) is 0.857. The molecule has 11 heavy (non-hydrogen) atoms. The maximum Gasteiger partial charge on any atom is 0.150 e. The molecule has 66 valence electrons. The van der Waals surface area contributed by atoms with Crippen molar-refractivity contribution in [2.24, 2.45) is 0 Å². The molecule has 3 nitrogen and oxygen atoms in total. The highest BCUT2D eigenvalue weighted by atomic mass is 32.2. The lowest BCUT2D eigenvalue weighted by Gasteiger charge is -1.98. The van der Waals surface area contributed by atoms with Gasteiger partial charge in [0.25, 0.3) is 0 Å².